The summed E-state index contributed by atoms with van der Waals surface area (Å²) in [6.45, 7) is 3.82. The van der Waals surface area contributed by atoms with Gasteiger partial charge in [0.15, 0.2) is 9.84 Å². The molecule has 1 N–H and O–H groups in total. The number of rotatable bonds is 8. The van der Waals surface area contributed by atoms with Crippen molar-refractivity contribution in [2.75, 3.05) is 51.9 Å². The highest BCUT2D eigenvalue weighted by Gasteiger charge is 2.30. The second-order valence-electron chi connectivity index (χ2n) is 10.3. The van der Waals surface area contributed by atoms with E-state index in [0.29, 0.717) is 54.0 Å². The fourth-order valence-corrected chi connectivity index (χ4v) is 5.41. The first-order chi connectivity index (χ1) is 20.2. The van der Waals surface area contributed by atoms with Gasteiger partial charge in [0.05, 0.1) is 41.1 Å². The lowest BCUT2D eigenvalue weighted by atomic mass is 10.1. The highest BCUT2D eigenvalue weighted by Crippen LogP contribution is 2.32. The lowest BCUT2D eigenvalue weighted by molar-refractivity contribution is -0.477. The molecule has 1 aliphatic heterocycles. The number of ether oxygens (including phenoxy) is 1. The van der Waals surface area contributed by atoms with E-state index in [2.05, 4.69) is 23.9 Å². The summed E-state index contributed by atoms with van der Waals surface area (Å²) < 4.78 is 72.4. The van der Waals surface area contributed by atoms with Crippen LogP contribution < -0.4 is 10.1 Å². The number of aliphatic imine (C=N–C) groups is 1. The van der Waals surface area contributed by atoms with Gasteiger partial charge < -0.3 is 19.5 Å². The van der Waals surface area contributed by atoms with Crippen molar-refractivity contribution in [2.24, 2.45) is 4.99 Å². The molecule has 1 aromatic heterocycles. The van der Waals surface area contributed by atoms with Gasteiger partial charge in [-0.25, -0.2) is 13.0 Å². The molecule has 3 aromatic rings. The number of likely N-dealkylation sites (tertiary alicyclic amines) is 1. The Balaban J connectivity index is 1.58. The number of carbonyl (C=O) groups excluding carboxylic acids is 1. The second kappa shape index (κ2) is 12.9. The summed E-state index contributed by atoms with van der Waals surface area (Å²) in [5, 5.41) is 3.57. The Morgan fingerprint density at radius 2 is 1.91 bits per heavy atom. The van der Waals surface area contributed by atoms with Crippen LogP contribution in [0.25, 0.3) is 10.9 Å². The summed E-state index contributed by atoms with van der Waals surface area (Å²) >= 11 is 0. The normalized spacial score (nSPS) is 13.8. The smallest absolute Gasteiger partial charge is 0.406 e. The van der Waals surface area contributed by atoms with Crippen molar-refractivity contribution in [3.8, 4) is 17.6 Å². The molecule has 1 fully saturated rings. The molecule has 0 atom stereocenters. The molecule has 2 aromatic carbocycles. The number of alkyl halides is 3. The molecule has 1 saturated heterocycles. The average molecular weight is 617 g/mol. The number of likely N-dealkylation sites (N-methyl/N-ethyl adjacent to an activating group) is 1. The van der Waals surface area contributed by atoms with Crippen LogP contribution in [0, 0.1) is 11.8 Å². The van der Waals surface area contributed by atoms with E-state index in [1.165, 1.54) is 19.2 Å². The Kier molecular flexibility index (Phi) is 9.49. The quantitative estimate of drug-likeness (QED) is 0.234. The fourth-order valence-electron chi connectivity index (χ4n) is 4.77. The maximum Gasteiger partial charge on any atom is 0.406 e. The number of sulfone groups is 1. The minimum atomic E-state index is -4.47. The Bertz CT molecular complexity index is 1740. The molecule has 228 valence electrons. The second-order valence-corrected chi connectivity index (χ2v) is 12.3. The zero-order valence-corrected chi connectivity index (χ0v) is 25.0. The van der Waals surface area contributed by atoms with Crippen LogP contribution in [0.4, 0.5) is 24.5 Å². The maximum atomic E-state index is 13.6. The number of halogens is 3. The van der Waals surface area contributed by atoms with E-state index < -0.39 is 22.6 Å². The van der Waals surface area contributed by atoms with Crippen LogP contribution in [0.5, 0.6) is 5.75 Å². The van der Waals surface area contributed by atoms with Crippen LogP contribution in [0.3, 0.4) is 0 Å². The molecule has 0 unspecified atom stereocenters. The molecule has 1 aliphatic rings. The molecule has 0 aliphatic carbocycles. The minimum absolute atomic E-state index is 0.00931. The molecular weight excluding hydrogens is 583 g/mol. The molecular formula is C30H33F3N5O4S+. The number of hydrogen-bond acceptors (Lipinski definition) is 6. The van der Waals surface area contributed by atoms with Crippen LogP contribution in [0.2, 0.25) is 0 Å². The van der Waals surface area contributed by atoms with Crippen molar-refractivity contribution in [3.05, 3.63) is 48.2 Å². The van der Waals surface area contributed by atoms with Gasteiger partial charge in [-0.1, -0.05) is 12.0 Å². The van der Waals surface area contributed by atoms with Crippen molar-refractivity contribution < 1.29 is 35.7 Å². The number of carbonyl (C=O) groups is 1. The summed E-state index contributed by atoms with van der Waals surface area (Å²) in [5.41, 5.74) is 2.45. The lowest BCUT2D eigenvalue weighted by Gasteiger charge is -2.26. The Labute approximate surface area is 248 Å². The first-order valence-corrected chi connectivity index (χ1v) is 15.3. The van der Waals surface area contributed by atoms with E-state index >= 15 is 0 Å². The number of nitrogens with zero attached hydrogens (tertiary/aromatic N) is 4. The standard InChI is InChI=1S/C30H33F3N5O4S/c1-36(2)19-29(39)37-15-12-21(13-16-37)35-25-8-5-9-27-24(25)17-22(38(27)20-30(31,32)33)7-6-14-34-26-11-10-23(43(4,40)41)18-28(26)42-3/h5,8-11,17-18,34H,1,12-16,19-20H2,2-4H3/q+1. The molecule has 2 heterocycles. The fraction of sp³-hybridized carbons (Fsp3) is 0.367. The number of aromatic nitrogens is 1. The summed E-state index contributed by atoms with van der Waals surface area (Å²) in [5.74, 6) is 5.99. The molecule has 43 heavy (non-hydrogen) atoms. The molecule has 4 rings (SSSR count). The van der Waals surface area contributed by atoms with Gasteiger partial charge >= 0.3 is 6.18 Å². The summed E-state index contributed by atoms with van der Waals surface area (Å²) in [4.78, 5) is 19.0. The number of piperidine rings is 1. The van der Waals surface area contributed by atoms with Crippen molar-refractivity contribution in [2.45, 2.75) is 30.5 Å². The Morgan fingerprint density at radius 1 is 1.19 bits per heavy atom. The van der Waals surface area contributed by atoms with Gasteiger partial charge in [-0.3, -0.25) is 9.79 Å². The maximum absolute atomic E-state index is 13.6. The van der Waals surface area contributed by atoms with E-state index in [1.807, 2.05) is 0 Å². The minimum Gasteiger partial charge on any atom is -0.495 e. The van der Waals surface area contributed by atoms with Gasteiger partial charge in [-0.15, -0.1) is 0 Å². The number of hydrogen-bond donors (Lipinski definition) is 1. The monoisotopic (exact) mass is 616 g/mol. The van der Waals surface area contributed by atoms with Gasteiger partial charge in [0, 0.05) is 49.4 Å². The highest BCUT2D eigenvalue weighted by molar-refractivity contribution is 7.90. The van der Waals surface area contributed by atoms with Crippen LogP contribution in [-0.2, 0) is 21.2 Å². The molecule has 13 heteroatoms. The lowest BCUT2D eigenvalue weighted by Crippen LogP contribution is -2.41. The zero-order chi connectivity index (χ0) is 31.4. The third kappa shape index (κ3) is 8.16. The third-order valence-corrected chi connectivity index (χ3v) is 7.93. The topological polar surface area (TPSA) is 96.0 Å². The highest BCUT2D eigenvalue weighted by atomic mass is 32.2. The van der Waals surface area contributed by atoms with E-state index in [-0.39, 0.29) is 29.6 Å². The summed E-state index contributed by atoms with van der Waals surface area (Å²) in [6, 6.07) is 11.0. The first kappa shape index (κ1) is 31.6. The van der Waals surface area contributed by atoms with Gasteiger partial charge in [0.25, 0.3) is 5.91 Å². The number of benzene rings is 2. The summed E-state index contributed by atoms with van der Waals surface area (Å²) in [7, 11) is -0.295. The molecule has 0 saturated carbocycles. The molecule has 0 spiro atoms. The van der Waals surface area contributed by atoms with Crippen molar-refractivity contribution >= 4 is 50.5 Å². The van der Waals surface area contributed by atoms with E-state index in [1.54, 1.807) is 46.9 Å². The Hall–Kier alpha value is -4.31. The van der Waals surface area contributed by atoms with Crippen LogP contribution in [0.15, 0.2) is 52.4 Å². The van der Waals surface area contributed by atoms with Crippen molar-refractivity contribution in [1.82, 2.24) is 9.47 Å². The number of methoxy groups -OCH3 is 1. The van der Waals surface area contributed by atoms with E-state index in [9.17, 15) is 26.4 Å². The predicted octanol–water partition coefficient (Wildman–Crippen LogP) is 4.12. The van der Waals surface area contributed by atoms with Gasteiger partial charge in [-0.05, 0) is 36.3 Å². The first-order valence-electron chi connectivity index (χ1n) is 13.4. The van der Waals surface area contributed by atoms with Crippen molar-refractivity contribution in [3.63, 3.8) is 0 Å². The number of amides is 1. The average Bonchev–Trinajstić information content (AvgIpc) is 3.27. The van der Waals surface area contributed by atoms with Crippen LogP contribution >= 0.6 is 0 Å². The third-order valence-electron chi connectivity index (χ3n) is 6.82. The number of nitrogens with one attached hydrogen (secondary N) is 1. The zero-order valence-electron chi connectivity index (χ0n) is 24.2. The van der Waals surface area contributed by atoms with Gasteiger partial charge in [0.2, 0.25) is 6.54 Å². The van der Waals surface area contributed by atoms with E-state index in [4.69, 9.17) is 9.73 Å². The van der Waals surface area contributed by atoms with E-state index in [0.717, 1.165) is 16.5 Å². The summed E-state index contributed by atoms with van der Waals surface area (Å²) in [6.07, 6.45) is -2.24. The number of fused-ring (bicyclic) bond motifs is 1. The van der Waals surface area contributed by atoms with Crippen LogP contribution in [0.1, 0.15) is 18.5 Å². The Morgan fingerprint density at radius 3 is 2.53 bits per heavy atom. The predicted molar refractivity (Wildman–Crippen MR) is 161 cm³/mol. The van der Waals surface area contributed by atoms with Crippen LogP contribution in [-0.4, -0.2) is 93.6 Å². The SMILES string of the molecule is C=[N+](C)CC(=O)N1CCC(=Nc2cccc3c2cc(C#CCNc2ccc(S(C)(=O)=O)cc2OC)n3CC(F)(F)F)CC1. The number of anilines is 1. The largest absolute Gasteiger partial charge is 0.495 e. The molecule has 1 amide bonds. The van der Waals surface area contributed by atoms with Crippen molar-refractivity contribution in [1.29, 1.82) is 0 Å². The molecule has 0 radical (unpaired) electrons. The molecule has 0 bridgehead atoms. The van der Waals surface area contributed by atoms with Gasteiger partial charge in [0.1, 0.15) is 26.1 Å². The van der Waals surface area contributed by atoms with Gasteiger partial charge in [-0.2, -0.15) is 13.2 Å². The molecule has 9 nitrogen and oxygen atoms in total.